The van der Waals surface area contributed by atoms with Crippen molar-refractivity contribution in [3.8, 4) is 11.5 Å². The molecule has 10 heteroatoms. The van der Waals surface area contributed by atoms with Gasteiger partial charge in [-0.05, 0) is 18.6 Å². The molecule has 144 valence electrons. The van der Waals surface area contributed by atoms with Gasteiger partial charge in [0.05, 0.1) is 12.5 Å². The molecule has 1 aromatic heterocycles. The van der Waals surface area contributed by atoms with Crippen molar-refractivity contribution in [1.82, 2.24) is 19.2 Å². The molecule has 1 amide bonds. The lowest BCUT2D eigenvalue weighted by Crippen LogP contribution is -2.47. The zero-order valence-corrected chi connectivity index (χ0v) is 15.4. The molecule has 9 nitrogen and oxygen atoms in total. The maximum absolute atomic E-state index is 12.8. The van der Waals surface area contributed by atoms with Gasteiger partial charge in [-0.25, -0.2) is 13.4 Å². The Morgan fingerprint density at radius 1 is 1.15 bits per heavy atom. The van der Waals surface area contributed by atoms with Crippen LogP contribution in [-0.4, -0.2) is 72.4 Å². The number of fused-ring (bicyclic) bond motifs is 1. The molecule has 0 radical (unpaired) electrons. The number of rotatable bonds is 3. The lowest BCUT2D eigenvalue weighted by atomic mass is 10.2. The molecule has 0 spiro atoms. The maximum Gasteiger partial charge on any atom is 0.267 e. The molecule has 4 rings (SSSR count). The molecule has 1 N–H and O–H groups in total. The number of amides is 1. The normalized spacial score (nSPS) is 20.9. The van der Waals surface area contributed by atoms with E-state index in [1.54, 1.807) is 17.0 Å². The monoisotopic (exact) mass is 392 g/mol. The van der Waals surface area contributed by atoms with Crippen LogP contribution in [0.4, 0.5) is 0 Å². The van der Waals surface area contributed by atoms with E-state index < -0.39 is 16.1 Å². The van der Waals surface area contributed by atoms with Crippen LogP contribution in [0.3, 0.4) is 0 Å². The second-order valence-electron chi connectivity index (χ2n) is 6.36. The van der Waals surface area contributed by atoms with E-state index in [0.717, 1.165) is 0 Å². The van der Waals surface area contributed by atoms with E-state index in [9.17, 15) is 13.2 Å². The van der Waals surface area contributed by atoms with E-state index in [1.807, 2.05) is 12.1 Å². The van der Waals surface area contributed by atoms with Crippen molar-refractivity contribution in [2.75, 3.05) is 32.8 Å². The maximum atomic E-state index is 12.8. The number of ether oxygens (including phenoxy) is 2. The number of benzene rings is 1. The van der Waals surface area contributed by atoms with Crippen molar-refractivity contribution in [2.24, 2.45) is 0 Å². The summed E-state index contributed by atoms with van der Waals surface area (Å²) in [7, 11) is -3.63. The minimum atomic E-state index is -3.63. The van der Waals surface area contributed by atoms with Crippen molar-refractivity contribution >= 4 is 15.9 Å². The molecule has 1 aromatic carbocycles. The number of nitrogens with one attached hydrogen (secondary N) is 1. The Morgan fingerprint density at radius 3 is 2.74 bits per heavy atom. The van der Waals surface area contributed by atoms with Crippen LogP contribution in [0, 0.1) is 0 Å². The summed E-state index contributed by atoms with van der Waals surface area (Å²) in [6, 6.07) is 7.21. The van der Waals surface area contributed by atoms with Crippen LogP contribution in [0.1, 0.15) is 6.42 Å². The van der Waals surface area contributed by atoms with Crippen molar-refractivity contribution in [3.05, 3.63) is 36.8 Å². The zero-order chi connectivity index (χ0) is 18.9. The van der Waals surface area contributed by atoms with E-state index in [2.05, 4.69) is 9.97 Å². The number of imidazole rings is 1. The average molecular weight is 392 g/mol. The first kappa shape index (κ1) is 17.8. The van der Waals surface area contributed by atoms with Crippen molar-refractivity contribution < 1.29 is 22.7 Å². The largest absolute Gasteiger partial charge is 0.485 e. The summed E-state index contributed by atoms with van der Waals surface area (Å²) in [5.74, 6) is 0.972. The number of nitrogens with zero attached hydrogens (tertiary/aromatic N) is 3. The van der Waals surface area contributed by atoms with Gasteiger partial charge in [0.1, 0.15) is 6.61 Å². The Hall–Kier alpha value is -2.59. The second-order valence-corrected chi connectivity index (χ2v) is 8.27. The third-order valence-corrected chi connectivity index (χ3v) is 6.47. The van der Waals surface area contributed by atoms with Gasteiger partial charge in [-0.15, -0.1) is 0 Å². The quantitative estimate of drug-likeness (QED) is 0.814. The first-order valence-electron chi connectivity index (χ1n) is 8.71. The van der Waals surface area contributed by atoms with Crippen LogP contribution in [-0.2, 0) is 14.8 Å². The third-order valence-electron chi connectivity index (χ3n) is 4.64. The van der Waals surface area contributed by atoms with E-state index in [-0.39, 0.29) is 24.1 Å². The molecule has 2 aliphatic heterocycles. The fourth-order valence-electron chi connectivity index (χ4n) is 3.22. The van der Waals surface area contributed by atoms with E-state index in [1.165, 1.54) is 16.8 Å². The smallest absolute Gasteiger partial charge is 0.267 e. The number of aromatic nitrogens is 2. The van der Waals surface area contributed by atoms with Crippen LogP contribution in [0.2, 0.25) is 0 Å². The summed E-state index contributed by atoms with van der Waals surface area (Å²) in [6.07, 6.45) is 2.44. The Balaban J connectivity index is 1.42. The van der Waals surface area contributed by atoms with E-state index >= 15 is 0 Å². The molecule has 2 aliphatic rings. The molecule has 3 heterocycles. The molecular weight excluding hydrogens is 372 g/mol. The van der Waals surface area contributed by atoms with Crippen LogP contribution in [0.15, 0.2) is 41.8 Å². The summed E-state index contributed by atoms with van der Waals surface area (Å²) in [5.41, 5.74) is 0. The first-order chi connectivity index (χ1) is 13.1. The van der Waals surface area contributed by atoms with Gasteiger partial charge in [0.2, 0.25) is 6.10 Å². The number of sulfonamides is 1. The first-order valence-corrected chi connectivity index (χ1v) is 10.2. The Kier molecular flexibility index (Phi) is 4.75. The number of hydrogen-bond acceptors (Lipinski definition) is 6. The summed E-state index contributed by atoms with van der Waals surface area (Å²) in [4.78, 5) is 20.9. The Bertz CT molecular complexity index is 915. The molecule has 0 saturated carbocycles. The van der Waals surface area contributed by atoms with Crippen LogP contribution >= 0.6 is 0 Å². The summed E-state index contributed by atoms with van der Waals surface area (Å²) in [6.45, 7) is 1.47. The minimum Gasteiger partial charge on any atom is -0.485 e. The molecular formula is C17H20N4O5S. The van der Waals surface area contributed by atoms with Gasteiger partial charge in [0, 0.05) is 26.2 Å². The minimum absolute atomic E-state index is 0.0582. The molecule has 0 aliphatic carbocycles. The lowest BCUT2D eigenvalue weighted by molar-refractivity contribution is -0.141. The van der Waals surface area contributed by atoms with Gasteiger partial charge in [0.15, 0.2) is 16.5 Å². The summed E-state index contributed by atoms with van der Waals surface area (Å²) >= 11 is 0. The number of H-pyrrole nitrogens is 1. The van der Waals surface area contributed by atoms with Gasteiger partial charge >= 0.3 is 0 Å². The van der Waals surface area contributed by atoms with Crippen LogP contribution < -0.4 is 9.47 Å². The van der Waals surface area contributed by atoms with Gasteiger partial charge in [-0.1, -0.05) is 12.1 Å². The van der Waals surface area contributed by atoms with Gasteiger partial charge < -0.3 is 19.4 Å². The SMILES string of the molecule is O=C([C@@H]1COc2ccccc2O1)N1CCCN(S(=O)(=O)c2cnc[nH]2)CC1. The van der Waals surface area contributed by atoms with Crippen LogP contribution in [0.25, 0.3) is 0 Å². The highest BCUT2D eigenvalue weighted by molar-refractivity contribution is 7.89. The van der Waals surface area contributed by atoms with Crippen molar-refractivity contribution in [2.45, 2.75) is 17.6 Å². The predicted octanol–water partition coefficient (Wildman–Crippen LogP) is 0.473. The molecule has 2 aromatic rings. The highest BCUT2D eigenvalue weighted by Gasteiger charge is 2.34. The van der Waals surface area contributed by atoms with Gasteiger partial charge in [-0.2, -0.15) is 4.31 Å². The topological polar surface area (TPSA) is 105 Å². The standard InChI is InChI=1S/C17H20N4O5S/c22-17(15-11-25-13-4-1-2-5-14(13)26-15)20-6-3-7-21(9-8-20)27(23,24)16-10-18-12-19-16/h1-2,4-5,10,12,15H,3,6-9,11H2,(H,18,19)/t15-/m0/s1. The molecule has 1 atom stereocenters. The number of hydrogen-bond donors (Lipinski definition) is 1. The second kappa shape index (κ2) is 7.20. The molecule has 0 bridgehead atoms. The predicted molar refractivity (Wildman–Crippen MR) is 94.9 cm³/mol. The molecule has 1 fully saturated rings. The fraction of sp³-hybridized carbons (Fsp3) is 0.412. The van der Waals surface area contributed by atoms with Crippen LogP contribution in [0.5, 0.6) is 11.5 Å². The molecule has 27 heavy (non-hydrogen) atoms. The van der Waals surface area contributed by atoms with Crippen molar-refractivity contribution in [1.29, 1.82) is 0 Å². The molecule has 1 saturated heterocycles. The number of para-hydroxylation sites is 2. The number of carbonyl (C=O) groups is 1. The number of aromatic amines is 1. The van der Waals surface area contributed by atoms with Gasteiger partial charge in [-0.3, -0.25) is 4.79 Å². The van der Waals surface area contributed by atoms with Gasteiger partial charge in [0.25, 0.3) is 15.9 Å². The Morgan fingerprint density at radius 2 is 1.96 bits per heavy atom. The van der Waals surface area contributed by atoms with Crippen molar-refractivity contribution in [3.63, 3.8) is 0 Å². The average Bonchev–Trinajstić information content (AvgIpc) is 3.12. The number of carbonyl (C=O) groups excluding carboxylic acids is 1. The Labute approximate surface area is 156 Å². The summed E-state index contributed by atoms with van der Waals surface area (Å²) in [5, 5.41) is 0.0582. The fourth-order valence-corrected chi connectivity index (χ4v) is 4.59. The highest BCUT2D eigenvalue weighted by atomic mass is 32.2. The highest BCUT2D eigenvalue weighted by Crippen LogP contribution is 2.31. The molecule has 0 unspecified atom stereocenters. The lowest BCUT2D eigenvalue weighted by Gasteiger charge is -2.30. The third kappa shape index (κ3) is 3.50. The van der Waals surface area contributed by atoms with E-state index in [4.69, 9.17) is 9.47 Å². The zero-order valence-electron chi connectivity index (χ0n) is 14.6. The van der Waals surface area contributed by atoms with E-state index in [0.29, 0.717) is 37.6 Å². The summed E-state index contributed by atoms with van der Waals surface area (Å²) < 4.78 is 38.0.